The Bertz CT molecular complexity index is 410. The van der Waals surface area contributed by atoms with Gasteiger partial charge in [-0.1, -0.05) is 13.0 Å². The summed E-state index contributed by atoms with van der Waals surface area (Å²) in [6, 6.07) is 8.00. The number of benzene rings is 1. The fraction of sp³-hybridized carbons (Fsp3) is 0.300. The summed E-state index contributed by atoms with van der Waals surface area (Å²) in [4.78, 5) is 0. The Morgan fingerprint density at radius 3 is 3.07 bits per heavy atom. The minimum absolute atomic E-state index is 0.959. The molecule has 2 rings (SSSR count). The van der Waals surface area contributed by atoms with Crippen molar-refractivity contribution < 1.29 is 0 Å². The molecule has 0 radical (unpaired) electrons. The first-order chi connectivity index (χ1) is 7.40. The predicted octanol–water partition coefficient (Wildman–Crippen LogP) is 1.48. The van der Waals surface area contributed by atoms with Gasteiger partial charge in [0.2, 0.25) is 0 Å². The van der Waals surface area contributed by atoms with Crippen LogP contribution in [0.5, 0.6) is 0 Å². The number of anilines is 1. The molecule has 78 valence electrons. The number of nitrogens with one attached hydrogen (secondary N) is 1. The first kappa shape index (κ1) is 9.64. The van der Waals surface area contributed by atoms with Crippen LogP contribution >= 0.6 is 0 Å². The van der Waals surface area contributed by atoms with Crippen molar-refractivity contribution in [3.8, 4) is 5.69 Å². The quantitative estimate of drug-likeness (QED) is 0.817. The van der Waals surface area contributed by atoms with Gasteiger partial charge in [-0.2, -0.15) is 0 Å². The van der Waals surface area contributed by atoms with E-state index >= 15 is 0 Å². The Kier molecular flexibility index (Phi) is 2.92. The zero-order chi connectivity index (χ0) is 10.5. The van der Waals surface area contributed by atoms with E-state index < -0.39 is 0 Å². The number of nitrogens with zero attached hydrogens (tertiary/aromatic N) is 4. The van der Waals surface area contributed by atoms with Gasteiger partial charge in [0, 0.05) is 12.2 Å². The molecule has 0 unspecified atom stereocenters. The fourth-order valence-corrected chi connectivity index (χ4v) is 1.31. The highest BCUT2D eigenvalue weighted by Gasteiger charge is 1.98. The van der Waals surface area contributed by atoms with Crippen molar-refractivity contribution in [2.24, 2.45) is 0 Å². The molecule has 0 aliphatic heterocycles. The number of rotatable bonds is 4. The van der Waals surface area contributed by atoms with E-state index in [1.54, 1.807) is 11.0 Å². The fourth-order valence-electron chi connectivity index (χ4n) is 1.31. The molecule has 0 fully saturated rings. The van der Waals surface area contributed by atoms with Gasteiger partial charge in [-0.15, -0.1) is 5.10 Å². The topological polar surface area (TPSA) is 55.6 Å². The van der Waals surface area contributed by atoms with Gasteiger partial charge in [0.15, 0.2) is 0 Å². The number of aromatic nitrogens is 4. The standard InChI is InChI=1S/C10H13N5/c1-2-6-11-9-4-3-5-10(7-9)15-8-12-13-14-15/h3-5,7-8,11H,2,6H2,1H3. The monoisotopic (exact) mass is 203 g/mol. The second-order valence-corrected chi connectivity index (χ2v) is 3.23. The molecular weight excluding hydrogens is 190 g/mol. The van der Waals surface area contributed by atoms with Crippen LogP contribution in [0.3, 0.4) is 0 Å². The molecule has 2 aromatic rings. The average Bonchev–Trinajstić information content (AvgIpc) is 2.80. The van der Waals surface area contributed by atoms with Crippen LogP contribution in [0.2, 0.25) is 0 Å². The summed E-state index contributed by atoms with van der Waals surface area (Å²) in [5.41, 5.74) is 2.05. The van der Waals surface area contributed by atoms with Crippen molar-refractivity contribution in [3.63, 3.8) is 0 Å². The molecule has 0 atom stereocenters. The molecule has 0 aliphatic rings. The Morgan fingerprint density at radius 1 is 1.40 bits per heavy atom. The number of tetrazole rings is 1. The molecule has 0 saturated carbocycles. The van der Waals surface area contributed by atoms with Crippen molar-refractivity contribution in [3.05, 3.63) is 30.6 Å². The maximum absolute atomic E-state index is 3.84. The first-order valence-corrected chi connectivity index (χ1v) is 4.97. The lowest BCUT2D eigenvalue weighted by atomic mass is 10.2. The second kappa shape index (κ2) is 4.54. The lowest BCUT2D eigenvalue weighted by Crippen LogP contribution is -2.01. The highest BCUT2D eigenvalue weighted by molar-refractivity contribution is 5.50. The molecule has 5 heteroatoms. The summed E-state index contributed by atoms with van der Waals surface area (Å²) in [6.07, 6.45) is 2.69. The van der Waals surface area contributed by atoms with E-state index in [0.717, 1.165) is 24.3 Å². The molecule has 1 aromatic heterocycles. The zero-order valence-electron chi connectivity index (χ0n) is 8.59. The van der Waals surface area contributed by atoms with Crippen molar-refractivity contribution in [1.29, 1.82) is 0 Å². The van der Waals surface area contributed by atoms with Gasteiger partial charge in [-0.05, 0) is 35.0 Å². The lowest BCUT2D eigenvalue weighted by molar-refractivity contribution is 0.789. The third kappa shape index (κ3) is 2.31. The molecule has 15 heavy (non-hydrogen) atoms. The Morgan fingerprint density at radius 2 is 2.33 bits per heavy atom. The molecule has 0 aliphatic carbocycles. The summed E-state index contributed by atoms with van der Waals surface area (Å²) >= 11 is 0. The van der Waals surface area contributed by atoms with Gasteiger partial charge in [-0.3, -0.25) is 0 Å². The molecule has 1 N–H and O–H groups in total. The minimum atomic E-state index is 0.959. The highest BCUT2D eigenvalue weighted by Crippen LogP contribution is 2.12. The molecule has 5 nitrogen and oxygen atoms in total. The molecular formula is C10H13N5. The third-order valence-electron chi connectivity index (χ3n) is 2.04. The maximum atomic E-state index is 3.84. The van der Waals surface area contributed by atoms with Crippen molar-refractivity contribution in [1.82, 2.24) is 20.2 Å². The zero-order valence-corrected chi connectivity index (χ0v) is 8.59. The molecule has 1 heterocycles. The lowest BCUT2D eigenvalue weighted by Gasteiger charge is -2.06. The van der Waals surface area contributed by atoms with Crippen LogP contribution in [0.25, 0.3) is 5.69 Å². The molecule has 0 saturated heterocycles. The normalized spacial score (nSPS) is 10.2. The molecule has 0 spiro atoms. The summed E-state index contributed by atoms with van der Waals surface area (Å²) in [5, 5.41) is 14.4. The van der Waals surface area contributed by atoms with Crippen molar-refractivity contribution in [2.45, 2.75) is 13.3 Å². The first-order valence-electron chi connectivity index (χ1n) is 4.97. The van der Waals surface area contributed by atoms with Crippen molar-refractivity contribution >= 4 is 5.69 Å². The van der Waals surface area contributed by atoms with Gasteiger partial charge >= 0.3 is 0 Å². The second-order valence-electron chi connectivity index (χ2n) is 3.23. The van der Waals surface area contributed by atoms with Gasteiger partial charge in [0.05, 0.1) is 5.69 Å². The van der Waals surface area contributed by atoms with Crippen LogP contribution in [-0.4, -0.2) is 26.8 Å². The van der Waals surface area contributed by atoms with Gasteiger partial charge in [0.25, 0.3) is 0 Å². The minimum Gasteiger partial charge on any atom is -0.385 e. The Hall–Kier alpha value is -1.91. The van der Waals surface area contributed by atoms with Crippen LogP contribution in [0, 0.1) is 0 Å². The summed E-state index contributed by atoms with van der Waals surface area (Å²) in [6.45, 7) is 3.11. The van der Waals surface area contributed by atoms with Crippen LogP contribution < -0.4 is 5.32 Å². The van der Waals surface area contributed by atoms with E-state index in [0.29, 0.717) is 0 Å². The van der Waals surface area contributed by atoms with E-state index in [1.165, 1.54) is 0 Å². The predicted molar refractivity (Wildman–Crippen MR) is 57.9 cm³/mol. The van der Waals surface area contributed by atoms with E-state index in [4.69, 9.17) is 0 Å². The van der Waals surface area contributed by atoms with Crippen LogP contribution in [0.4, 0.5) is 5.69 Å². The highest BCUT2D eigenvalue weighted by atomic mass is 15.5. The summed E-state index contributed by atoms with van der Waals surface area (Å²) in [7, 11) is 0. The van der Waals surface area contributed by atoms with Crippen molar-refractivity contribution in [2.75, 3.05) is 11.9 Å². The van der Waals surface area contributed by atoms with Crippen LogP contribution in [0.1, 0.15) is 13.3 Å². The Balaban J connectivity index is 2.19. The largest absolute Gasteiger partial charge is 0.385 e. The van der Waals surface area contributed by atoms with Crippen LogP contribution in [0.15, 0.2) is 30.6 Å². The Labute approximate surface area is 88.1 Å². The maximum Gasteiger partial charge on any atom is 0.143 e. The van der Waals surface area contributed by atoms with E-state index in [9.17, 15) is 0 Å². The van der Waals surface area contributed by atoms with Crippen LogP contribution in [-0.2, 0) is 0 Å². The van der Waals surface area contributed by atoms with E-state index in [1.807, 2.05) is 24.3 Å². The van der Waals surface area contributed by atoms with E-state index in [-0.39, 0.29) is 0 Å². The smallest absolute Gasteiger partial charge is 0.143 e. The van der Waals surface area contributed by atoms with Gasteiger partial charge in [0.1, 0.15) is 6.33 Å². The molecule has 1 aromatic carbocycles. The SMILES string of the molecule is CCCNc1cccc(-n2cnnn2)c1. The summed E-state index contributed by atoms with van der Waals surface area (Å²) < 4.78 is 1.64. The number of hydrogen-bond donors (Lipinski definition) is 1. The summed E-state index contributed by atoms with van der Waals surface area (Å²) in [5.74, 6) is 0. The average molecular weight is 203 g/mol. The molecule has 0 amide bonds. The number of hydrogen-bond acceptors (Lipinski definition) is 4. The van der Waals surface area contributed by atoms with Gasteiger partial charge in [-0.25, -0.2) is 4.68 Å². The van der Waals surface area contributed by atoms with E-state index in [2.05, 4.69) is 27.8 Å². The van der Waals surface area contributed by atoms with Gasteiger partial charge < -0.3 is 5.32 Å². The third-order valence-corrected chi connectivity index (χ3v) is 2.04. The molecule has 0 bridgehead atoms.